The second-order valence-corrected chi connectivity index (χ2v) is 8.45. The standard InChI is InChI=1S/C21H29NO3Si/c1-4-23-26(24-5-2,25-6-3)18-12-15-20(19-13-8-7-9-14-19)21-16-10-11-17-22-21/h7-11,13-17H,4-6,12,18H2,1-3H3/b20-15+. The van der Waals surface area contributed by atoms with Crippen molar-refractivity contribution in [3.63, 3.8) is 0 Å². The van der Waals surface area contributed by atoms with E-state index < -0.39 is 8.80 Å². The van der Waals surface area contributed by atoms with Gasteiger partial charge in [0.15, 0.2) is 0 Å². The van der Waals surface area contributed by atoms with Crippen LogP contribution in [0.1, 0.15) is 38.4 Å². The molecule has 4 nitrogen and oxygen atoms in total. The molecule has 0 aliphatic carbocycles. The number of hydrogen-bond donors (Lipinski definition) is 0. The van der Waals surface area contributed by atoms with Gasteiger partial charge >= 0.3 is 8.80 Å². The molecule has 1 aromatic carbocycles. The summed E-state index contributed by atoms with van der Waals surface area (Å²) in [5.41, 5.74) is 3.25. The second-order valence-electron chi connectivity index (χ2n) is 5.72. The van der Waals surface area contributed by atoms with Crippen LogP contribution >= 0.6 is 0 Å². The Morgan fingerprint density at radius 3 is 2.04 bits per heavy atom. The molecule has 0 unspecified atom stereocenters. The summed E-state index contributed by atoms with van der Waals surface area (Å²) in [6, 6.07) is 17.1. The first-order valence-corrected chi connectivity index (χ1v) is 11.3. The molecular formula is C21H29NO3Si. The summed E-state index contributed by atoms with van der Waals surface area (Å²) in [5.74, 6) is 0. The van der Waals surface area contributed by atoms with Gasteiger partial charge < -0.3 is 13.3 Å². The van der Waals surface area contributed by atoms with E-state index >= 15 is 0 Å². The zero-order chi connectivity index (χ0) is 18.7. The van der Waals surface area contributed by atoms with Crippen molar-refractivity contribution in [1.82, 2.24) is 4.98 Å². The molecule has 0 aliphatic rings. The molecule has 1 heterocycles. The fourth-order valence-corrected chi connectivity index (χ4v) is 5.41. The Labute approximate surface area is 158 Å². The van der Waals surface area contributed by atoms with E-state index in [1.165, 1.54) is 0 Å². The average Bonchev–Trinajstić information content (AvgIpc) is 2.67. The highest BCUT2D eigenvalue weighted by Crippen LogP contribution is 2.25. The minimum absolute atomic E-state index is 0.599. The summed E-state index contributed by atoms with van der Waals surface area (Å²) < 4.78 is 17.9. The van der Waals surface area contributed by atoms with Crippen LogP contribution in [0.15, 0.2) is 60.8 Å². The van der Waals surface area contributed by atoms with Crippen LogP contribution in [-0.2, 0) is 13.3 Å². The Bertz CT molecular complexity index is 603. The number of benzene rings is 1. The number of nitrogens with zero attached hydrogens (tertiary/aromatic N) is 1. The van der Waals surface area contributed by atoms with E-state index in [2.05, 4.69) is 23.2 Å². The topological polar surface area (TPSA) is 40.6 Å². The van der Waals surface area contributed by atoms with E-state index in [0.29, 0.717) is 19.8 Å². The zero-order valence-corrected chi connectivity index (χ0v) is 17.0. The maximum Gasteiger partial charge on any atom is 0.501 e. The number of allylic oxidation sites excluding steroid dienone is 1. The van der Waals surface area contributed by atoms with Crippen LogP contribution in [0, 0.1) is 0 Å². The van der Waals surface area contributed by atoms with Gasteiger partial charge in [0.05, 0.1) is 5.69 Å². The highest BCUT2D eigenvalue weighted by atomic mass is 28.4. The highest BCUT2D eigenvalue weighted by molar-refractivity contribution is 6.60. The van der Waals surface area contributed by atoms with Gasteiger partial charge in [-0.2, -0.15) is 0 Å². The minimum Gasteiger partial charge on any atom is -0.374 e. The van der Waals surface area contributed by atoms with E-state index in [4.69, 9.17) is 13.3 Å². The normalized spacial score (nSPS) is 12.3. The van der Waals surface area contributed by atoms with Gasteiger partial charge in [-0.05, 0) is 44.9 Å². The van der Waals surface area contributed by atoms with Crippen LogP contribution < -0.4 is 0 Å². The number of pyridine rings is 1. The number of aromatic nitrogens is 1. The lowest BCUT2D eigenvalue weighted by Crippen LogP contribution is -2.45. The van der Waals surface area contributed by atoms with Crippen molar-refractivity contribution >= 4 is 14.4 Å². The molecule has 2 aromatic rings. The van der Waals surface area contributed by atoms with E-state index in [9.17, 15) is 0 Å². The predicted octanol–water partition coefficient (Wildman–Crippen LogP) is 4.95. The molecule has 0 aliphatic heterocycles. The van der Waals surface area contributed by atoms with Crippen molar-refractivity contribution in [3.05, 3.63) is 72.1 Å². The van der Waals surface area contributed by atoms with Gasteiger partial charge in [0.25, 0.3) is 0 Å². The number of rotatable bonds is 11. The van der Waals surface area contributed by atoms with Crippen molar-refractivity contribution in [2.75, 3.05) is 19.8 Å². The molecule has 0 fully saturated rings. The zero-order valence-electron chi connectivity index (χ0n) is 16.0. The van der Waals surface area contributed by atoms with Crippen LogP contribution in [-0.4, -0.2) is 33.6 Å². The Morgan fingerprint density at radius 1 is 0.885 bits per heavy atom. The van der Waals surface area contributed by atoms with Crippen molar-refractivity contribution in [2.45, 2.75) is 33.2 Å². The molecule has 26 heavy (non-hydrogen) atoms. The van der Waals surface area contributed by atoms with E-state index in [-0.39, 0.29) is 0 Å². The smallest absolute Gasteiger partial charge is 0.374 e. The molecule has 0 atom stereocenters. The van der Waals surface area contributed by atoms with Gasteiger partial charge in [-0.1, -0.05) is 42.5 Å². The van der Waals surface area contributed by atoms with Crippen LogP contribution in [0.25, 0.3) is 5.57 Å². The third-order valence-electron chi connectivity index (χ3n) is 3.92. The van der Waals surface area contributed by atoms with E-state index in [0.717, 1.165) is 29.3 Å². The molecular weight excluding hydrogens is 342 g/mol. The average molecular weight is 372 g/mol. The summed E-state index contributed by atoms with van der Waals surface area (Å²) >= 11 is 0. The third kappa shape index (κ3) is 5.88. The van der Waals surface area contributed by atoms with Crippen molar-refractivity contribution in [1.29, 1.82) is 0 Å². The molecule has 1 aromatic heterocycles. The summed E-state index contributed by atoms with van der Waals surface area (Å²) in [6.07, 6.45) is 4.86. The molecule has 0 saturated carbocycles. The molecule has 0 spiro atoms. The quantitative estimate of drug-likeness (QED) is 0.524. The SMILES string of the molecule is CCO[Si](CC/C=C(\c1ccccc1)c1ccccn1)(OCC)OCC. The molecule has 0 bridgehead atoms. The molecule has 0 saturated heterocycles. The van der Waals surface area contributed by atoms with Crippen LogP contribution in [0.3, 0.4) is 0 Å². The maximum absolute atomic E-state index is 5.95. The Hall–Kier alpha value is -1.79. The monoisotopic (exact) mass is 371 g/mol. The Balaban J connectivity index is 2.24. The largest absolute Gasteiger partial charge is 0.501 e. The van der Waals surface area contributed by atoms with Gasteiger partial charge in [0, 0.05) is 37.6 Å². The van der Waals surface area contributed by atoms with Gasteiger partial charge in [0.1, 0.15) is 0 Å². The lowest BCUT2D eigenvalue weighted by molar-refractivity contribution is 0.0716. The Kier molecular flexibility index (Phi) is 8.71. The summed E-state index contributed by atoms with van der Waals surface area (Å²) in [4.78, 5) is 4.53. The first-order chi connectivity index (χ1) is 12.7. The van der Waals surface area contributed by atoms with E-state index in [1.807, 2.05) is 63.4 Å². The van der Waals surface area contributed by atoms with Gasteiger partial charge in [0.2, 0.25) is 0 Å². The summed E-state index contributed by atoms with van der Waals surface area (Å²) in [5, 5.41) is 0. The summed E-state index contributed by atoms with van der Waals surface area (Å²) in [7, 11) is -2.63. The highest BCUT2D eigenvalue weighted by Gasteiger charge is 2.39. The predicted molar refractivity (Wildman–Crippen MR) is 108 cm³/mol. The summed E-state index contributed by atoms with van der Waals surface area (Å²) in [6.45, 7) is 7.75. The maximum atomic E-state index is 5.95. The minimum atomic E-state index is -2.63. The van der Waals surface area contributed by atoms with Crippen LogP contribution in [0.4, 0.5) is 0 Å². The van der Waals surface area contributed by atoms with Gasteiger partial charge in [-0.25, -0.2) is 0 Å². The van der Waals surface area contributed by atoms with Gasteiger partial charge in [-0.3, -0.25) is 4.98 Å². The third-order valence-corrected chi connectivity index (χ3v) is 7.00. The Morgan fingerprint density at radius 2 is 1.50 bits per heavy atom. The molecule has 140 valence electrons. The molecule has 0 N–H and O–H groups in total. The lowest BCUT2D eigenvalue weighted by atomic mass is 10.0. The van der Waals surface area contributed by atoms with Crippen LogP contribution in [0.2, 0.25) is 6.04 Å². The first-order valence-electron chi connectivity index (χ1n) is 9.33. The first kappa shape index (κ1) is 20.5. The molecule has 0 amide bonds. The second kappa shape index (κ2) is 11.0. The fraction of sp³-hybridized carbons (Fsp3) is 0.381. The van der Waals surface area contributed by atoms with Crippen LogP contribution in [0.5, 0.6) is 0 Å². The molecule has 5 heteroatoms. The van der Waals surface area contributed by atoms with E-state index in [1.54, 1.807) is 0 Å². The molecule has 0 radical (unpaired) electrons. The van der Waals surface area contributed by atoms with Crippen molar-refractivity contribution < 1.29 is 13.3 Å². The van der Waals surface area contributed by atoms with Crippen molar-refractivity contribution in [2.24, 2.45) is 0 Å². The fourth-order valence-electron chi connectivity index (χ4n) is 2.90. The lowest BCUT2D eigenvalue weighted by Gasteiger charge is -2.28. The number of hydrogen-bond acceptors (Lipinski definition) is 4. The molecule has 2 rings (SSSR count). The van der Waals surface area contributed by atoms with Gasteiger partial charge in [-0.15, -0.1) is 0 Å². The van der Waals surface area contributed by atoms with Crippen molar-refractivity contribution in [3.8, 4) is 0 Å².